The van der Waals surface area contributed by atoms with Gasteiger partial charge in [0.1, 0.15) is 0 Å². The summed E-state index contributed by atoms with van der Waals surface area (Å²) in [6.45, 7) is 0. The highest BCUT2D eigenvalue weighted by Gasteiger charge is 2.50. The fourth-order valence-corrected chi connectivity index (χ4v) is 12.2. The standard InChI is InChI=1S/C66H42/c1-5-19-41(20-6-1)47-29-15-17-31-51(47)61-57-39-45-27-13-14-28-46(45)40-58(57)62(52-32-18-16-30-48(52)42-21-7-2-8-22-42)66-56-38-36-54-60-50(44-25-11-4-12-26-44)34-33-49(43-23-9-3-10-24-43)59(60)53-35-37-55(65(61)66)64(56)63(53)54/h1-40,63-64H. The van der Waals surface area contributed by atoms with Gasteiger partial charge in [-0.2, -0.15) is 0 Å². The van der Waals surface area contributed by atoms with Crippen LogP contribution in [0, 0.1) is 11.8 Å². The van der Waals surface area contributed by atoms with E-state index in [2.05, 4.69) is 243 Å². The average Bonchev–Trinajstić information content (AvgIpc) is 3.91. The van der Waals surface area contributed by atoms with Gasteiger partial charge in [0.15, 0.2) is 0 Å². The van der Waals surface area contributed by atoms with Crippen LogP contribution in [0.25, 0.3) is 111 Å². The molecule has 0 aliphatic heterocycles. The van der Waals surface area contributed by atoms with E-state index in [1.165, 1.54) is 133 Å². The lowest BCUT2D eigenvalue weighted by molar-refractivity contribution is 0.759. The van der Waals surface area contributed by atoms with E-state index in [0.29, 0.717) is 0 Å². The molecular weight excluding hydrogens is 793 g/mol. The van der Waals surface area contributed by atoms with Crippen LogP contribution in [-0.4, -0.2) is 0 Å². The number of benzene rings is 10. The summed E-state index contributed by atoms with van der Waals surface area (Å²) in [5, 5.41) is 5.06. The first-order chi connectivity index (χ1) is 32.8. The number of hydrogen-bond donors (Lipinski definition) is 0. The van der Waals surface area contributed by atoms with Gasteiger partial charge in [-0.05, 0) is 145 Å². The van der Waals surface area contributed by atoms with E-state index in [9.17, 15) is 0 Å². The minimum atomic E-state index is 0.135. The van der Waals surface area contributed by atoms with Crippen molar-refractivity contribution in [1.82, 2.24) is 0 Å². The summed E-state index contributed by atoms with van der Waals surface area (Å²) < 4.78 is 0. The molecule has 0 radical (unpaired) electrons. The number of fused-ring (bicyclic) bond motifs is 8. The molecule has 0 heteroatoms. The Kier molecular flexibility index (Phi) is 8.21. The van der Waals surface area contributed by atoms with Gasteiger partial charge in [0.05, 0.1) is 0 Å². The highest BCUT2D eigenvalue weighted by atomic mass is 14.5. The molecule has 0 N–H and O–H groups in total. The second-order valence-electron chi connectivity index (χ2n) is 18.2. The summed E-state index contributed by atoms with van der Waals surface area (Å²) in [4.78, 5) is 0. The minimum Gasteiger partial charge on any atom is -0.0622 e. The highest BCUT2D eigenvalue weighted by Crippen LogP contribution is 2.68. The molecule has 0 atom stereocenters. The molecule has 0 heterocycles. The van der Waals surface area contributed by atoms with Crippen molar-refractivity contribution in [3.8, 4) is 66.8 Å². The van der Waals surface area contributed by atoms with Gasteiger partial charge < -0.3 is 0 Å². The van der Waals surface area contributed by atoms with Gasteiger partial charge in [0.25, 0.3) is 0 Å². The predicted octanol–water partition coefficient (Wildman–Crippen LogP) is 17.5. The number of rotatable bonds is 6. The van der Waals surface area contributed by atoms with Gasteiger partial charge in [0, 0.05) is 11.8 Å². The molecule has 66 heavy (non-hydrogen) atoms. The van der Waals surface area contributed by atoms with Crippen molar-refractivity contribution in [1.29, 1.82) is 0 Å². The van der Waals surface area contributed by atoms with Crippen LogP contribution in [0.2, 0.25) is 0 Å². The number of hydrogen-bond acceptors (Lipinski definition) is 0. The molecule has 14 rings (SSSR count). The van der Waals surface area contributed by atoms with Crippen LogP contribution in [0.5, 0.6) is 0 Å². The Bertz CT molecular complexity index is 3520. The number of allylic oxidation sites excluding steroid dienone is 8. The summed E-state index contributed by atoms with van der Waals surface area (Å²) in [6, 6.07) is 80.9. The molecule has 0 aromatic heterocycles. The molecule has 0 bridgehead atoms. The van der Waals surface area contributed by atoms with Crippen LogP contribution in [0.4, 0.5) is 0 Å². The summed E-state index contributed by atoms with van der Waals surface area (Å²) >= 11 is 0. The van der Waals surface area contributed by atoms with Crippen molar-refractivity contribution in [2.75, 3.05) is 0 Å². The zero-order valence-corrected chi connectivity index (χ0v) is 36.2. The zero-order valence-electron chi connectivity index (χ0n) is 36.2. The lowest BCUT2D eigenvalue weighted by Gasteiger charge is -2.31. The van der Waals surface area contributed by atoms with E-state index in [1.807, 2.05) is 0 Å². The van der Waals surface area contributed by atoms with Crippen LogP contribution in [-0.2, 0) is 0 Å². The van der Waals surface area contributed by atoms with E-state index in [0.717, 1.165) is 0 Å². The lowest BCUT2D eigenvalue weighted by atomic mass is 9.71. The molecule has 306 valence electrons. The largest absolute Gasteiger partial charge is 0.0622 e. The Hall–Kier alpha value is -8.32. The maximum atomic E-state index is 2.52. The molecule has 10 aromatic rings. The van der Waals surface area contributed by atoms with Crippen LogP contribution < -0.4 is 0 Å². The average molecular weight is 835 g/mol. The smallest absolute Gasteiger partial charge is 0.0212 e. The second kappa shape index (κ2) is 14.6. The SMILES string of the molecule is C1=C2c3c(-c4ccccc4)ccc(-c4ccccc4)c3C3=CC=C4c5c(c(-c6ccccc6-c6ccccc6)c6cc7ccccc7cc6c5-c5ccccc5-c5ccccc5)C(=C1)C4C23. The quantitative estimate of drug-likeness (QED) is 0.146. The fraction of sp³-hybridized carbons (Fsp3) is 0.0303. The minimum absolute atomic E-state index is 0.135. The third-order valence-electron chi connectivity index (χ3n) is 14.8. The zero-order chi connectivity index (χ0) is 43.3. The van der Waals surface area contributed by atoms with E-state index in [4.69, 9.17) is 0 Å². The summed E-state index contributed by atoms with van der Waals surface area (Å²) in [5.41, 5.74) is 26.4. The molecule has 4 aliphatic rings. The second-order valence-corrected chi connectivity index (χ2v) is 18.2. The lowest BCUT2D eigenvalue weighted by Crippen LogP contribution is -2.18. The normalized spacial score (nSPS) is 16.2. The van der Waals surface area contributed by atoms with Crippen LogP contribution >= 0.6 is 0 Å². The first kappa shape index (κ1) is 37.1. The van der Waals surface area contributed by atoms with Crippen molar-refractivity contribution in [2.45, 2.75) is 0 Å². The van der Waals surface area contributed by atoms with Gasteiger partial charge in [-0.3, -0.25) is 0 Å². The first-order valence-corrected chi connectivity index (χ1v) is 23.2. The van der Waals surface area contributed by atoms with Gasteiger partial charge >= 0.3 is 0 Å². The van der Waals surface area contributed by atoms with E-state index in [1.54, 1.807) is 0 Å². The molecule has 4 aliphatic carbocycles. The third kappa shape index (κ3) is 5.39. The Morgan fingerprint density at radius 1 is 0.212 bits per heavy atom. The van der Waals surface area contributed by atoms with Gasteiger partial charge in [-0.15, -0.1) is 0 Å². The molecule has 0 saturated carbocycles. The molecular formula is C66H42. The Morgan fingerprint density at radius 3 is 0.864 bits per heavy atom. The Balaban J connectivity index is 1.14. The molecule has 0 saturated heterocycles. The molecule has 0 fully saturated rings. The summed E-state index contributed by atoms with van der Waals surface area (Å²) in [5.74, 6) is 0.299. The summed E-state index contributed by atoms with van der Waals surface area (Å²) in [7, 11) is 0. The van der Waals surface area contributed by atoms with Crippen molar-refractivity contribution < 1.29 is 0 Å². The Labute approximate surface area is 385 Å². The Morgan fingerprint density at radius 2 is 0.500 bits per heavy atom. The van der Waals surface area contributed by atoms with Crippen LogP contribution in [0.3, 0.4) is 0 Å². The predicted molar refractivity (Wildman–Crippen MR) is 279 cm³/mol. The van der Waals surface area contributed by atoms with Gasteiger partial charge in [-0.25, -0.2) is 0 Å². The van der Waals surface area contributed by atoms with Crippen molar-refractivity contribution in [3.63, 3.8) is 0 Å². The van der Waals surface area contributed by atoms with E-state index in [-0.39, 0.29) is 11.8 Å². The maximum absolute atomic E-state index is 2.52. The van der Waals surface area contributed by atoms with Gasteiger partial charge in [-0.1, -0.05) is 231 Å². The molecule has 0 spiro atoms. The van der Waals surface area contributed by atoms with Crippen molar-refractivity contribution in [3.05, 3.63) is 265 Å². The molecule has 10 aromatic carbocycles. The topological polar surface area (TPSA) is 0 Å². The molecule has 0 nitrogen and oxygen atoms in total. The maximum Gasteiger partial charge on any atom is 0.0212 e. The molecule has 0 unspecified atom stereocenters. The van der Waals surface area contributed by atoms with Crippen molar-refractivity contribution >= 4 is 43.8 Å². The van der Waals surface area contributed by atoms with Gasteiger partial charge in [0.2, 0.25) is 0 Å². The van der Waals surface area contributed by atoms with E-state index >= 15 is 0 Å². The highest BCUT2D eigenvalue weighted by molar-refractivity contribution is 6.24. The first-order valence-electron chi connectivity index (χ1n) is 23.2. The van der Waals surface area contributed by atoms with Crippen molar-refractivity contribution in [2.24, 2.45) is 11.8 Å². The third-order valence-corrected chi connectivity index (χ3v) is 14.8. The molecule has 0 amide bonds. The monoisotopic (exact) mass is 834 g/mol. The van der Waals surface area contributed by atoms with Crippen LogP contribution in [0.1, 0.15) is 22.3 Å². The summed E-state index contributed by atoms with van der Waals surface area (Å²) in [6.07, 6.45) is 10.0. The fourth-order valence-electron chi connectivity index (χ4n) is 12.2. The van der Waals surface area contributed by atoms with Crippen LogP contribution in [0.15, 0.2) is 243 Å². The van der Waals surface area contributed by atoms with E-state index < -0.39 is 0 Å².